The number of rotatable bonds is 4. The van der Waals surface area contributed by atoms with Crippen molar-refractivity contribution in [1.29, 1.82) is 0 Å². The van der Waals surface area contributed by atoms with E-state index in [1.807, 2.05) is 6.92 Å². The molecule has 1 fully saturated rings. The Labute approximate surface area is 113 Å². The SMILES string of the molecule is C[C@H](NC(=O)NC1CC1)c1ccc(S(C)(=O)=O)cc1. The summed E-state index contributed by atoms with van der Waals surface area (Å²) >= 11 is 0. The van der Waals surface area contributed by atoms with Crippen LogP contribution in [0.5, 0.6) is 0 Å². The molecular formula is C13H18N2O3S. The van der Waals surface area contributed by atoms with E-state index in [0.717, 1.165) is 18.4 Å². The molecule has 1 aliphatic carbocycles. The first-order valence-corrected chi connectivity index (χ1v) is 8.12. The standard InChI is InChI=1S/C13H18N2O3S/c1-9(14-13(16)15-11-5-6-11)10-3-7-12(8-4-10)19(2,17)18/h3-4,7-9,11H,5-6H2,1-2H3,(H2,14,15,16)/t9-/m0/s1. The Balaban J connectivity index is 1.98. The number of nitrogens with one attached hydrogen (secondary N) is 2. The van der Waals surface area contributed by atoms with Gasteiger partial charge in [-0.1, -0.05) is 12.1 Å². The third kappa shape index (κ3) is 3.96. The zero-order valence-electron chi connectivity index (χ0n) is 11.0. The molecule has 0 spiro atoms. The maximum atomic E-state index is 11.6. The molecule has 2 N–H and O–H groups in total. The van der Waals surface area contributed by atoms with Gasteiger partial charge >= 0.3 is 6.03 Å². The van der Waals surface area contributed by atoms with E-state index in [1.54, 1.807) is 24.3 Å². The summed E-state index contributed by atoms with van der Waals surface area (Å²) in [6, 6.07) is 6.54. The molecule has 0 bridgehead atoms. The fourth-order valence-electron chi connectivity index (χ4n) is 1.74. The van der Waals surface area contributed by atoms with E-state index in [1.165, 1.54) is 6.26 Å². The molecule has 104 valence electrons. The normalized spacial score (nSPS) is 16.7. The Morgan fingerprint density at radius 2 is 1.84 bits per heavy atom. The van der Waals surface area contributed by atoms with Gasteiger partial charge in [-0.3, -0.25) is 0 Å². The van der Waals surface area contributed by atoms with Crippen LogP contribution in [0.2, 0.25) is 0 Å². The summed E-state index contributed by atoms with van der Waals surface area (Å²) in [5.41, 5.74) is 0.873. The van der Waals surface area contributed by atoms with E-state index < -0.39 is 9.84 Å². The molecule has 1 atom stereocenters. The van der Waals surface area contributed by atoms with Gasteiger partial charge in [-0.05, 0) is 37.5 Å². The van der Waals surface area contributed by atoms with Gasteiger partial charge in [0.1, 0.15) is 0 Å². The second-order valence-corrected chi connectivity index (χ2v) is 6.97. The number of hydrogen-bond donors (Lipinski definition) is 2. The Bertz CT molecular complexity index is 562. The van der Waals surface area contributed by atoms with Gasteiger partial charge in [-0.15, -0.1) is 0 Å². The highest BCUT2D eigenvalue weighted by atomic mass is 32.2. The predicted octanol–water partition coefficient (Wildman–Crippen LogP) is 1.61. The molecule has 0 saturated heterocycles. The van der Waals surface area contributed by atoms with Gasteiger partial charge < -0.3 is 10.6 Å². The highest BCUT2D eigenvalue weighted by molar-refractivity contribution is 7.90. The number of carbonyl (C=O) groups excluding carboxylic acids is 1. The maximum absolute atomic E-state index is 11.6. The van der Waals surface area contributed by atoms with Crippen molar-refractivity contribution in [2.24, 2.45) is 0 Å². The summed E-state index contributed by atoms with van der Waals surface area (Å²) in [6.07, 6.45) is 3.27. The molecule has 6 heteroatoms. The van der Waals surface area contributed by atoms with Gasteiger partial charge in [0.2, 0.25) is 0 Å². The molecule has 0 radical (unpaired) electrons. The quantitative estimate of drug-likeness (QED) is 0.881. The molecule has 0 heterocycles. The van der Waals surface area contributed by atoms with Crippen molar-refractivity contribution >= 4 is 15.9 Å². The smallest absolute Gasteiger partial charge is 0.315 e. The van der Waals surface area contributed by atoms with Crippen LogP contribution >= 0.6 is 0 Å². The highest BCUT2D eigenvalue weighted by Gasteiger charge is 2.23. The second kappa shape index (κ2) is 5.21. The third-order valence-corrected chi connectivity index (χ3v) is 4.20. The molecule has 1 aromatic carbocycles. The van der Waals surface area contributed by atoms with Crippen LogP contribution in [0.1, 0.15) is 31.4 Å². The van der Waals surface area contributed by atoms with Crippen LogP contribution in [0.3, 0.4) is 0 Å². The first kappa shape index (κ1) is 13.9. The summed E-state index contributed by atoms with van der Waals surface area (Å²) in [6.45, 7) is 1.86. The molecule has 1 aliphatic rings. The zero-order valence-corrected chi connectivity index (χ0v) is 11.8. The van der Waals surface area contributed by atoms with Crippen LogP contribution in [0.15, 0.2) is 29.2 Å². The Kier molecular flexibility index (Phi) is 3.80. The Hall–Kier alpha value is -1.56. The minimum absolute atomic E-state index is 0.160. The average molecular weight is 282 g/mol. The lowest BCUT2D eigenvalue weighted by atomic mass is 10.1. The van der Waals surface area contributed by atoms with Gasteiger partial charge in [0.25, 0.3) is 0 Å². The van der Waals surface area contributed by atoms with Crippen molar-refractivity contribution in [3.63, 3.8) is 0 Å². The van der Waals surface area contributed by atoms with Crippen molar-refractivity contribution in [3.05, 3.63) is 29.8 Å². The summed E-state index contributed by atoms with van der Waals surface area (Å²) in [5.74, 6) is 0. The molecule has 1 saturated carbocycles. The fourth-order valence-corrected chi connectivity index (χ4v) is 2.37. The fraction of sp³-hybridized carbons (Fsp3) is 0.462. The summed E-state index contributed by atoms with van der Waals surface area (Å²) < 4.78 is 22.7. The number of sulfone groups is 1. The average Bonchev–Trinajstić information content (AvgIpc) is 3.11. The molecule has 2 amide bonds. The van der Waals surface area contributed by atoms with Gasteiger partial charge in [-0.2, -0.15) is 0 Å². The third-order valence-electron chi connectivity index (χ3n) is 3.07. The van der Waals surface area contributed by atoms with Crippen LogP contribution in [0, 0.1) is 0 Å². The van der Waals surface area contributed by atoms with Crippen LogP contribution in [0.25, 0.3) is 0 Å². The first-order valence-electron chi connectivity index (χ1n) is 6.23. The number of urea groups is 1. The van der Waals surface area contributed by atoms with Gasteiger partial charge in [-0.25, -0.2) is 13.2 Å². The largest absolute Gasteiger partial charge is 0.335 e. The number of carbonyl (C=O) groups is 1. The Morgan fingerprint density at radius 3 is 2.32 bits per heavy atom. The molecule has 19 heavy (non-hydrogen) atoms. The van der Waals surface area contributed by atoms with Gasteiger partial charge in [0, 0.05) is 12.3 Å². The van der Waals surface area contributed by atoms with Crippen LogP contribution in [0.4, 0.5) is 4.79 Å². The summed E-state index contributed by atoms with van der Waals surface area (Å²) in [7, 11) is -3.18. The van der Waals surface area contributed by atoms with Gasteiger partial charge in [0.15, 0.2) is 9.84 Å². The van der Waals surface area contributed by atoms with E-state index in [2.05, 4.69) is 10.6 Å². The zero-order chi connectivity index (χ0) is 14.0. The van der Waals surface area contributed by atoms with E-state index in [-0.39, 0.29) is 17.0 Å². The van der Waals surface area contributed by atoms with E-state index >= 15 is 0 Å². The van der Waals surface area contributed by atoms with Crippen LogP contribution in [-0.4, -0.2) is 26.7 Å². The summed E-state index contributed by atoms with van der Waals surface area (Å²) in [5, 5.41) is 5.67. The lowest BCUT2D eigenvalue weighted by molar-refractivity contribution is 0.237. The topological polar surface area (TPSA) is 75.3 Å². The number of benzene rings is 1. The van der Waals surface area contributed by atoms with Crippen molar-refractivity contribution in [2.75, 3.05) is 6.26 Å². The molecule has 0 unspecified atom stereocenters. The Morgan fingerprint density at radius 1 is 1.26 bits per heavy atom. The minimum atomic E-state index is -3.18. The first-order chi connectivity index (χ1) is 8.86. The number of amides is 2. The van der Waals surface area contributed by atoms with E-state index in [0.29, 0.717) is 6.04 Å². The predicted molar refractivity (Wildman–Crippen MR) is 72.7 cm³/mol. The van der Waals surface area contributed by atoms with Crippen molar-refractivity contribution in [1.82, 2.24) is 10.6 Å². The molecule has 0 aromatic heterocycles. The van der Waals surface area contributed by atoms with Crippen molar-refractivity contribution < 1.29 is 13.2 Å². The molecule has 5 nitrogen and oxygen atoms in total. The lowest BCUT2D eigenvalue weighted by Crippen LogP contribution is -2.38. The van der Waals surface area contributed by atoms with Crippen molar-refractivity contribution in [2.45, 2.75) is 36.7 Å². The highest BCUT2D eigenvalue weighted by Crippen LogP contribution is 2.19. The summed E-state index contributed by atoms with van der Waals surface area (Å²) in [4.78, 5) is 11.9. The maximum Gasteiger partial charge on any atom is 0.315 e. The molecule has 0 aliphatic heterocycles. The van der Waals surface area contributed by atoms with Crippen molar-refractivity contribution in [3.8, 4) is 0 Å². The van der Waals surface area contributed by atoms with Crippen LogP contribution < -0.4 is 10.6 Å². The van der Waals surface area contributed by atoms with Gasteiger partial charge in [0.05, 0.1) is 10.9 Å². The van der Waals surface area contributed by atoms with E-state index in [4.69, 9.17) is 0 Å². The molecule has 1 aromatic rings. The number of hydrogen-bond acceptors (Lipinski definition) is 3. The minimum Gasteiger partial charge on any atom is -0.335 e. The van der Waals surface area contributed by atoms with E-state index in [9.17, 15) is 13.2 Å². The molecular weight excluding hydrogens is 264 g/mol. The monoisotopic (exact) mass is 282 g/mol. The van der Waals surface area contributed by atoms with Crippen LogP contribution in [-0.2, 0) is 9.84 Å². The lowest BCUT2D eigenvalue weighted by Gasteiger charge is -2.15. The molecule has 2 rings (SSSR count). The second-order valence-electron chi connectivity index (χ2n) is 4.95.